The molecule has 0 bridgehead atoms. The fourth-order valence-corrected chi connectivity index (χ4v) is 2.66. The maximum absolute atomic E-state index is 13.6. The minimum atomic E-state index is -0.0647. The predicted molar refractivity (Wildman–Crippen MR) is 67.5 cm³/mol. The third kappa shape index (κ3) is 2.98. The van der Waals surface area contributed by atoms with E-state index >= 15 is 0 Å². The molecule has 1 saturated heterocycles. The lowest BCUT2D eigenvalue weighted by atomic mass is 9.97. The number of benzene rings is 1. The van der Waals surface area contributed by atoms with E-state index in [1.807, 2.05) is 18.4 Å². The predicted octanol–water partition coefficient (Wildman–Crippen LogP) is 3.23. The second-order valence-corrected chi connectivity index (χ2v) is 5.19. The molecule has 1 aliphatic heterocycles. The van der Waals surface area contributed by atoms with Gasteiger partial charge in [0.15, 0.2) is 0 Å². The van der Waals surface area contributed by atoms with Crippen LogP contribution >= 0.6 is 11.8 Å². The van der Waals surface area contributed by atoms with E-state index in [2.05, 4.69) is 5.32 Å². The van der Waals surface area contributed by atoms with E-state index in [9.17, 15) is 4.39 Å². The van der Waals surface area contributed by atoms with E-state index in [1.54, 1.807) is 17.8 Å². The standard InChI is InChI=1S/C13H18FNS/c1-16-12-5-6-13(14)10(9-12)8-11-4-2-3-7-15-11/h5-6,9,11,15H,2-4,7-8H2,1H3. The maximum Gasteiger partial charge on any atom is 0.126 e. The summed E-state index contributed by atoms with van der Waals surface area (Å²) in [4.78, 5) is 1.15. The Bertz CT molecular complexity index is 348. The summed E-state index contributed by atoms with van der Waals surface area (Å²) in [6.45, 7) is 1.08. The molecule has 0 saturated carbocycles. The summed E-state index contributed by atoms with van der Waals surface area (Å²) in [7, 11) is 0. The molecule has 2 rings (SSSR count). The molecule has 1 aromatic rings. The van der Waals surface area contributed by atoms with Gasteiger partial charge in [-0.05, 0) is 55.8 Å². The Labute approximate surface area is 101 Å². The van der Waals surface area contributed by atoms with Gasteiger partial charge in [-0.15, -0.1) is 11.8 Å². The zero-order chi connectivity index (χ0) is 11.4. The van der Waals surface area contributed by atoms with Crippen LogP contribution in [-0.2, 0) is 6.42 Å². The van der Waals surface area contributed by atoms with Crippen LogP contribution in [0.4, 0.5) is 4.39 Å². The SMILES string of the molecule is CSc1ccc(F)c(CC2CCCCN2)c1. The van der Waals surface area contributed by atoms with Crippen LogP contribution in [0.1, 0.15) is 24.8 Å². The van der Waals surface area contributed by atoms with Crippen molar-refractivity contribution in [1.29, 1.82) is 0 Å². The van der Waals surface area contributed by atoms with Crippen LogP contribution in [0.3, 0.4) is 0 Å². The van der Waals surface area contributed by atoms with Gasteiger partial charge >= 0.3 is 0 Å². The summed E-state index contributed by atoms with van der Waals surface area (Å²) in [5, 5.41) is 3.46. The molecule has 88 valence electrons. The van der Waals surface area contributed by atoms with Crippen molar-refractivity contribution in [2.75, 3.05) is 12.8 Å². The van der Waals surface area contributed by atoms with Gasteiger partial charge in [0.1, 0.15) is 5.82 Å². The number of thioether (sulfide) groups is 1. The highest BCUT2D eigenvalue weighted by molar-refractivity contribution is 7.98. The van der Waals surface area contributed by atoms with Crippen LogP contribution in [0, 0.1) is 5.82 Å². The van der Waals surface area contributed by atoms with Crippen molar-refractivity contribution in [3.8, 4) is 0 Å². The van der Waals surface area contributed by atoms with Crippen LogP contribution in [-0.4, -0.2) is 18.8 Å². The summed E-state index contributed by atoms with van der Waals surface area (Å²) in [5.41, 5.74) is 0.853. The zero-order valence-electron chi connectivity index (χ0n) is 9.63. The first-order valence-electron chi connectivity index (χ1n) is 5.85. The molecule has 0 radical (unpaired) electrons. The third-order valence-corrected chi connectivity index (χ3v) is 3.86. The smallest absolute Gasteiger partial charge is 0.126 e. The molecule has 3 heteroatoms. The first kappa shape index (κ1) is 11.9. The highest BCUT2D eigenvalue weighted by atomic mass is 32.2. The zero-order valence-corrected chi connectivity index (χ0v) is 10.4. The van der Waals surface area contributed by atoms with Crippen LogP contribution in [0.5, 0.6) is 0 Å². The van der Waals surface area contributed by atoms with Crippen molar-refractivity contribution in [3.05, 3.63) is 29.6 Å². The van der Waals surface area contributed by atoms with Gasteiger partial charge in [-0.3, -0.25) is 0 Å². The highest BCUT2D eigenvalue weighted by Gasteiger charge is 2.15. The Morgan fingerprint density at radius 1 is 1.44 bits per heavy atom. The van der Waals surface area contributed by atoms with Crippen LogP contribution in [0.15, 0.2) is 23.1 Å². The van der Waals surface area contributed by atoms with Gasteiger partial charge < -0.3 is 5.32 Å². The molecule has 1 aliphatic rings. The average molecular weight is 239 g/mol. The van der Waals surface area contributed by atoms with Gasteiger partial charge in [-0.2, -0.15) is 0 Å². The number of hydrogen-bond donors (Lipinski definition) is 1. The van der Waals surface area contributed by atoms with Gasteiger partial charge in [-0.1, -0.05) is 6.42 Å². The van der Waals surface area contributed by atoms with Crippen molar-refractivity contribution < 1.29 is 4.39 Å². The van der Waals surface area contributed by atoms with Gasteiger partial charge in [0, 0.05) is 10.9 Å². The van der Waals surface area contributed by atoms with Crippen molar-refractivity contribution in [1.82, 2.24) is 5.32 Å². The minimum Gasteiger partial charge on any atom is -0.314 e. The Morgan fingerprint density at radius 2 is 2.31 bits per heavy atom. The molecular weight excluding hydrogens is 221 g/mol. The first-order valence-corrected chi connectivity index (χ1v) is 7.08. The molecule has 1 atom stereocenters. The molecule has 1 N–H and O–H groups in total. The summed E-state index contributed by atoms with van der Waals surface area (Å²) < 4.78 is 13.6. The molecule has 0 aliphatic carbocycles. The summed E-state index contributed by atoms with van der Waals surface area (Å²) in [5.74, 6) is -0.0647. The summed E-state index contributed by atoms with van der Waals surface area (Å²) in [6.07, 6.45) is 6.53. The topological polar surface area (TPSA) is 12.0 Å². The molecular formula is C13H18FNS. The molecule has 0 amide bonds. The number of hydrogen-bond acceptors (Lipinski definition) is 2. The van der Waals surface area contributed by atoms with Crippen molar-refractivity contribution in [2.24, 2.45) is 0 Å². The molecule has 1 nitrogen and oxygen atoms in total. The Hall–Kier alpha value is -0.540. The molecule has 1 aromatic carbocycles. The van der Waals surface area contributed by atoms with Gasteiger partial charge in [0.2, 0.25) is 0 Å². The van der Waals surface area contributed by atoms with Crippen molar-refractivity contribution in [2.45, 2.75) is 36.6 Å². The lowest BCUT2D eigenvalue weighted by molar-refractivity contribution is 0.395. The highest BCUT2D eigenvalue weighted by Crippen LogP contribution is 2.21. The lowest BCUT2D eigenvalue weighted by Gasteiger charge is -2.23. The monoisotopic (exact) mass is 239 g/mol. The van der Waals surface area contributed by atoms with E-state index in [4.69, 9.17) is 0 Å². The summed E-state index contributed by atoms with van der Waals surface area (Å²) >= 11 is 1.67. The van der Waals surface area contributed by atoms with Crippen molar-refractivity contribution in [3.63, 3.8) is 0 Å². The molecule has 1 fully saturated rings. The Morgan fingerprint density at radius 3 is 3.00 bits per heavy atom. The van der Waals surface area contributed by atoms with Gasteiger partial charge in [-0.25, -0.2) is 4.39 Å². The minimum absolute atomic E-state index is 0.0647. The van der Waals surface area contributed by atoms with Crippen LogP contribution in [0.25, 0.3) is 0 Å². The Balaban J connectivity index is 2.06. The maximum atomic E-state index is 13.6. The first-order chi connectivity index (χ1) is 7.79. The number of halogens is 1. The van der Waals surface area contributed by atoms with Gasteiger partial charge in [0.25, 0.3) is 0 Å². The van der Waals surface area contributed by atoms with E-state index in [1.165, 1.54) is 19.3 Å². The second kappa shape index (κ2) is 5.69. The van der Waals surface area contributed by atoms with E-state index in [0.717, 1.165) is 23.4 Å². The molecule has 1 heterocycles. The average Bonchev–Trinajstić information content (AvgIpc) is 2.33. The normalized spacial score (nSPS) is 21.0. The summed E-state index contributed by atoms with van der Waals surface area (Å²) in [6, 6.07) is 5.87. The fraction of sp³-hybridized carbons (Fsp3) is 0.538. The molecule has 0 aromatic heterocycles. The lowest BCUT2D eigenvalue weighted by Crippen LogP contribution is -2.35. The Kier molecular flexibility index (Phi) is 4.24. The molecule has 0 spiro atoms. The largest absolute Gasteiger partial charge is 0.314 e. The van der Waals surface area contributed by atoms with Crippen LogP contribution in [0.2, 0.25) is 0 Å². The second-order valence-electron chi connectivity index (χ2n) is 4.31. The van der Waals surface area contributed by atoms with E-state index in [-0.39, 0.29) is 5.82 Å². The van der Waals surface area contributed by atoms with Crippen molar-refractivity contribution >= 4 is 11.8 Å². The quantitative estimate of drug-likeness (QED) is 0.813. The van der Waals surface area contributed by atoms with Gasteiger partial charge in [0.05, 0.1) is 0 Å². The fourth-order valence-electron chi connectivity index (χ4n) is 2.20. The van der Waals surface area contributed by atoms with E-state index < -0.39 is 0 Å². The number of rotatable bonds is 3. The third-order valence-electron chi connectivity index (χ3n) is 3.13. The number of piperidine rings is 1. The molecule has 16 heavy (non-hydrogen) atoms. The molecule has 1 unspecified atom stereocenters. The number of nitrogens with one attached hydrogen (secondary N) is 1. The van der Waals surface area contributed by atoms with E-state index in [0.29, 0.717) is 6.04 Å². The van der Waals surface area contributed by atoms with Crippen LogP contribution < -0.4 is 5.32 Å².